The third kappa shape index (κ3) is 1.98. The van der Waals surface area contributed by atoms with Gasteiger partial charge in [0.15, 0.2) is 0 Å². The Balaban J connectivity index is 2.40. The highest BCUT2D eigenvalue weighted by Crippen LogP contribution is 2.33. The molecule has 2 amide bonds. The summed E-state index contributed by atoms with van der Waals surface area (Å²) in [5.41, 5.74) is 2.42. The molecule has 0 saturated heterocycles. The number of hydrogen-bond donors (Lipinski definition) is 1. The molecule has 0 aliphatic carbocycles. The van der Waals surface area contributed by atoms with Crippen LogP contribution in [0.5, 0.6) is 5.75 Å². The van der Waals surface area contributed by atoms with Crippen LogP contribution in [-0.2, 0) is 0 Å². The molecule has 1 N–H and O–H groups in total. The van der Waals surface area contributed by atoms with E-state index in [2.05, 4.69) is 11.9 Å². The van der Waals surface area contributed by atoms with E-state index < -0.39 is 0 Å². The fraction of sp³-hybridized carbons (Fsp3) is 0.308. The number of hydrogen-bond acceptors (Lipinski definition) is 2. The summed E-state index contributed by atoms with van der Waals surface area (Å²) in [5, 5.41) is 2.83. The van der Waals surface area contributed by atoms with E-state index in [1.54, 1.807) is 4.90 Å². The van der Waals surface area contributed by atoms with E-state index in [0.717, 1.165) is 17.0 Å². The molecule has 1 aromatic rings. The van der Waals surface area contributed by atoms with Crippen LogP contribution in [0.3, 0.4) is 0 Å². The molecule has 0 fully saturated rings. The lowest BCUT2D eigenvalue weighted by Crippen LogP contribution is -2.37. The van der Waals surface area contributed by atoms with E-state index in [-0.39, 0.29) is 6.03 Å². The van der Waals surface area contributed by atoms with Crippen molar-refractivity contribution in [3.63, 3.8) is 0 Å². The molecule has 0 unspecified atom stereocenters. The van der Waals surface area contributed by atoms with E-state index in [1.165, 1.54) is 0 Å². The second kappa shape index (κ2) is 4.49. The molecule has 0 radical (unpaired) electrons. The van der Waals surface area contributed by atoms with Gasteiger partial charge in [-0.05, 0) is 32.0 Å². The average Bonchev–Trinajstić information content (AvgIpc) is 2.31. The first kappa shape index (κ1) is 11.5. The molecule has 0 saturated carbocycles. The van der Waals surface area contributed by atoms with Crippen molar-refractivity contribution >= 4 is 17.4 Å². The number of fused-ring (bicyclic) bond motifs is 1. The van der Waals surface area contributed by atoms with E-state index in [4.69, 9.17) is 4.74 Å². The molecule has 1 heterocycles. The van der Waals surface area contributed by atoms with Gasteiger partial charge in [0.2, 0.25) is 0 Å². The minimum Gasteiger partial charge on any atom is -0.494 e. The van der Waals surface area contributed by atoms with E-state index in [1.807, 2.05) is 32.0 Å². The van der Waals surface area contributed by atoms with Gasteiger partial charge in [-0.1, -0.05) is 6.58 Å². The summed E-state index contributed by atoms with van der Waals surface area (Å²) in [4.78, 5) is 13.3. The third-order valence-electron chi connectivity index (χ3n) is 2.74. The van der Waals surface area contributed by atoms with Crippen LogP contribution in [-0.4, -0.2) is 24.1 Å². The molecular formula is C13H16N2O2. The molecule has 1 aliphatic rings. The Hall–Kier alpha value is -1.97. The maximum absolute atomic E-state index is 11.7. The summed E-state index contributed by atoms with van der Waals surface area (Å²) < 4.78 is 5.44. The van der Waals surface area contributed by atoms with Crippen LogP contribution < -0.4 is 10.1 Å². The minimum absolute atomic E-state index is 0.130. The summed E-state index contributed by atoms with van der Waals surface area (Å²) in [6.07, 6.45) is 0. The second-order valence-corrected chi connectivity index (χ2v) is 3.76. The first-order valence-electron chi connectivity index (χ1n) is 5.72. The molecule has 17 heavy (non-hydrogen) atoms. The average molecular weight is 232 g/mol. The van der Waals surface area contributed by atoms with Gasteiger partial charge < -0.3 is 10.1 Å². The number of carbonyl (C=O) groups is 1. The van der Waals surface area contributed by atoms with Crippen LogP contribution in [0.15, 0.2) is 24.8 Å². The van der Waals surface area contributed by atoms with E-state index in [9.17, 15) is 4.79 Å². The van der Waals surface area contributed by atoms with Gasteiger partial charge in [-0.15, -0.1) is 0 Å². The van der Waals surface area contributed by atoms with Crippen molar-refractivity contribution in [2.75, 3.05) is 18.5 Å². The SMILES string of the molecule is C=C1c2cc(OCC)ccc2NC(=O)N1CC. The van der Waals surface area contributed by atoms with Crippen molar-refractivity contribution in [3.05, 3.63) is 30.3 Å². The molecule has 0 bridgehead atoms. The molecule has 0 spiro atoms. The Bertz CT molecular complexity index is 468. The van der Waals surface area contributed by atoms with Gasteiger partial charge in [-0.2, -0.15) is 0 Å². The first-order valence-corrected chi connectivity index (χ1v) is 5.72. The van der Waals surface area contributed by atoms with Gasteiger partial charge >= 0.3 is 6.03 Å². The summed E-state index contributed by atoms with van der Waals surface area (Å²) in [5.74, 6) is 0.791. The lowest BCUT2D eigenvalue weighted by atomic mass is 10.1. The third-order valence-corrected chi connectivity index (χ3v) is 2.74. The number of urea groups is 1. The van der Waals surface area contributed by atoms with Crippen LogP contribution in [0.4, 0.5) is 10.5 Å². The molecule has 90 valence electrons. The van der Waals surface area contributed by atoms with Crippen molar-refractivity contribution < 1.29 is 9.53 Å². The van der Waals surface area contributed by atoms with Crippen molar-refractivity contribution in [1.29, 1.82) is 0 Å². The minimum atomic E-state index is -0.130. The second-order valence-electron chi connectivity index (χ2n) is 3.76. The van der Waals surface area contributed by atoms with E-state index >= 15 is 0 Å². The Labute approximate surface area is 101 Å². The smallest absolute Gasteiger partial charge is 0.326 e. The lowest BCUT2D eigenvalue weighted by Gasteiger charge is -2.30. The lowest BCUT2D eigenvalue weighted by molar-refractivity contribution is 0.232. The van der Waals surface area contributed by atoms with Crippen LogP contribution in [0.25, 0.3) is 5.70 Å². The summed E-state index contributed by atoms with van der Waals surface area (Å²) in [7, 11) is 0. The number of nitrogens with zero attached hydrogens (tertiary/aromatic N) is 1. The summed E-state index contributed by atoms with van der Waals surface area (Å²) >= 11 is 0. The maximum atomic E-state index is 11.7. The Morgan fingerprint density at radius 3 is 2.82 bits per heavy atom. The predicted octanol–water partition coefficient (Wildman–Crippen LogP) is 2.92. The highest BCUT2D eigenvalue weighted by molar-refractivity contribution is 6.02. The molecule has 1 aliphatic heterocycles. The van der Waals surface area contributed by atoms with Gasteiger partial charge in [-0.3, -0.25) is 4.90 Å². The number of carbonyl (C=O) groups excluding carboxylic acids is 1. The number of rotatable bonds is 3. The van der Waals surface area contributed by atoms with E-state index in [0.29, 0.717) is 18.8 Å². The molecule has 1 aromatic carbocycles. The molecular weight excluding hydrogens is 216 g/mol. The van der Waals surface area contributed by atoms with Gasteiger partial charge in [0.05, 0.1) is 12.3 Å². The number of anilines is 1. The largest absolute Gasteiger partial charge is 0.494 e. The fourth-order valence-corrected chi connectivity index (χ4v) is 1.91. The van der Waals surface area contributed by atoms with Gasteiger partial charge in [-0.25, -0.2) is 4.79 Å². The number of amides is 2. The molecule has 0 aromatic heterocycles. The highest BCUT2D eigenvalue weighted by atomic mass is 16.5. The van der Waals surface area contributed by atoms with Crippen LogP contribution >= 0.6 is 0 Å². The quantitative estimate of drug-likeness (QED) is 0.870. The van der Waals surface area contributed by atoms with Crippen molar-refractivity contribution in [3.8, 4) is 5.75 Å². The predicted molar refractivity (Wildman–Crippen MR) is 68.0 cm³/mol. The molecule has 2 rings (SSSR count). The zero-order valence-electron chi connectivity index (χ0n) is 10.1. The van der Waals surface area contributed by atoms with Gasteiger partial charge in [0.1, 0.15) is 5.75 Å². The maximum Gasteiger partial charge on any atom is 0.326 e. The Morgan fingerprint density at radius 1 is 1.41 bits per heavy atom. The fourth-order valence-electron chi connectivity index (χ4n) is 1.91. The Morgan fingerprint density at radius 2 is 2.18 bits per heavy atom. The van der Waals surface area contributed by atoms with Gasteiger partial charge in [0.25, 0.3) is 0 Å². The topological polar surface area (TPSA) is 41.6 Å². The van der Waals surface area contributed by atoms with Crippen molar-refractivity contribution in [2.45, 2.75) is 13.8 Å². The van der Waals surface area contributed by atoms with Gasteiger partial charge in [0, 0.05) is 17.8 Å². The summed E-state index contributed by atoms with van der Waals surface area (Å²) in [6, 6.07) is 5.46. The standard InChI is InChI=1S/C13H16N2O2/c1-4-15-9(3)11-8-10(17-5-2)6-7-12(11)14-13(15)16/h6-8H,3-5H2,1-2H3,(H,14,16). The summed E-state index contributed by atoms with van der Waals surface area (Å²) in [6.45, 7) is 9.05. The highest BCUT2D eigenvalue weighted by Gasteiger charge is 2.25. The normalized spacial score (nSPS) is 14.4. The number of benzene rings is 1. The first-order chi connectivity index (χ1) is 8.17. The molecule has 0 atom stereocenters. The van der Waals surface area contributed by atoms with Crippen molar-refractivity contribution in [1.82, 2.24) is 4.90 Å². The monoisotopic (exact) mass is 232 g/mol. The Kier molecular flexibility index (Phi) is 3.04. The van der Waals surface area contributed by atoms with Crippen LogP contribution in [0.2, 0.25) is 0 Å². The number of ether oxygens (including phenoxy) is 1. The zero-order chi connectivity index (χ0) is 12.4. The van der Waals surface area contributed by atoms with Crippen molar-refractivity contribution in [2.24, 2.45) is 0 Å². The van der Waals surface area contributed by atoms with Crippen LogP contribution in [0.1, 0.15) is 19.4 Å². The zero-order valence-corrected chi connectivity index (χ0v) is 10.1. The molecule has 4 nitrogen and oxygen atoms in total. The number of nitrogens with one attached hydrogen (secondary N) is 1. The molecule has 4 heteroatoms. The van der Waals surface area contributed by atoms with Crippen LogP contribution in [0, 0.1) is 0 Å².